The third-order valence-corrected chi connectivity index (χ3v) is 3.27. The molecule has 0 aliphatic carbocycles. The van der Waals surface area contributed by atoms with Crippen LogP contribution in [0.5, 0.6) is 0 Å². The van der Waals surface area contributed by atoms with E-state index in [9.17, 15) is 14.4 Å². The van der Waals surface area contributed by atoms with Crippen molar-refractivity contribution >= 4 is 23.3 Å². The summed E-state index contributed by atoms with van der Waals surface area (Å²) in [5.74, 6) is -1.93. The molecule has 1 atom stereocenters. The van der Waals surface area contributed by atoms with Gasteiger partial charge in [-0.2, -0.15) is 0 Å². The standard InChI is InChI=1S/C13H15N3O3/c1-6-3-4-7(2)10-9(6)11(17)13(19)16(10)5-8(14)12(15)18/h3-4,8H,5,14H2,1-2H3,(H2,15,18). The van der Waals surface area contributed by atoms with Crippen LogP contribution < -0.4 is 16.4 Å². The second-order valence-corrected chi connectivity index (χ2v) is 4.68. The number of rotatable bonds is 3. The molecule has 19 heavy (non-hydrogen) atoms. The molecule has 1 aromatic rings. The highest BCUT2D eigenvalue weighted by molar-refractivity contribution is 6.52. The molecule has 2 rings (SSSR count). The number of primary amides is 1. The Bertz CT molecular complexity index is 595. The fourth-order valence-corrected chi connectivity index (χ4v) is 2.22. The average molecular weight is 261 g/mol. The molecule has 1 aromatic carbocycles. The van der Waals surface area contributed by atoms with Crippen LogP contribution in [0.15, 0.2) is 12.1 Å². The highest BCUT2D eigenvalue weighted by Gasteiger charge is 2.39. The van der Waals surface area contributed by atoms with E-state index in [1.165, 1.54) is 4.90 Å². The molecule has 0 fully saturated rings. The topological polar surface area (TPSA) is 106 Å². The van der Waals surface area contributed by atoms with Gasteiger partial charge in [0.15, 0.2) is 0 Å². The van der Waals surface area contributed by atoms with E-state index in [1.807, 2.05) is 6.07 Å². The van der Waals surface area contributed by atoms with Gasteiger partial charge in [0.1, 0.15) is 6.04 Å². The van der Waals surface area contributed by atoms with Crippen molar-refractivity contribution in [2.75, 3.05) is 11.4 Å². The summed E-state index contributed by atoms with van der Waals surface area (Å²) >= 11 is 0. The Morgan fingerprint density at radius 1 is 1.26 bits per heavy atom. The number of aryl methyl sites for hydroxylation is 2. The lowest BCUT2D eigenvalue weighted by Crippen LogP contribution is -2.47. The SMILES string of the molecule is Cc1ccc(C)c2c1C(=O)C(=O)N2CC(N)C(N)=O. The molecule has 0 saturated heterocycles. The second kappa shape index (κ2) is 4.47. The molecule has 1 aliphatic rings. The van der Waals surface area contributed by atoms with E-state index in [0.29, 0.717) is 11.3 Å². The summed E-state index contributed by atoms with van der Waals surface area (Å²) in [6.07, 6.45) is 0. The van der Waals surface area contributed by atoms with Crippen molar-refractivity contribution in [3.63, 3.8) is 0 Å². The van der Waals surface area contributed by atoms with Crippen LogP contribution in [0.2, 0.25) is 0 Å². The predicted molar refractivity (Wildman–Crippen MR) is 69.8 cm³/mol. The van der Waals surface area contributed by atoms with Crippen LogP contribution >= 0.6 is 0 Å². The summed E-state index contributed by atoms with van der Waals surface area (Å²) in [7, 11) is 0. The van der Waals surface area contributed by atoms with E-state index in [-0.39, 0.29) is 6.54 Å². The molecule has 0 spiro atoms. The third-order valence-electron chi connectivity index (χ3n) is 3.27. The van der Waals surface area contributed by atoms with E-state index in [1.54, 1.807) is 19.9 Å². The number of benzene rings is 1. The molecule has 0 aromatic heterocycles. The number of hydrogen-bond acceptors (Lipinski definition) is 4. The van der Waals surface area contributed by atoms with Crippen LogP contribution in [-0.2, 0) is 9.59 Å². The van der Waals surface area contributed by atoms with Crippen LogP contribution in [0.4, 0.5) is 5.69 Å². The second-order valence-electron chi connectivity index (χ2n) is 4.68. The van der Waals surface area contributed by atoms with Gasteiger partial charge in [0.05, 0.1) is 17.8 Å². The number of fused-ring (bicyclic) bond motifs is 1. The van der Waals surface area contributed by atoms with Gasteiger partial charge >= 0.3 is 0 Å². The number of hydrogen-bond donors (Lipinski definition) is 2. The number of nitrogens with zero attached hydrogens (tertiary/aromatic N) is 1. The van der Waals surface area contributed by atoms with Gasteiger partial charge in [-0.25, -0.2) is 0 Å². The lowest BCUT2D eigenvalue weighted by Gasteiger charge is -2.21. The highest BCUT2D eigenvalue weighted by Crippen LogP contribution is 2.34. The van der Waals surface area contributed by atoms with Crippen LogP contribution in [0, 0.1) is 13.8 Å². The maximum atomic E-state index is 12.0. The monoisotopic (exact) mass is 261 g/mol. The van der Waals surface area contributed by atoms with E-state index in [2.05, 4.69) is 0 Å². The normalized spacial score (nSPS) is 15.6. The van der Waals surface area contributed by atoms with Gasteiger partial charge < -0.3 is 16.4 Å². The van der Waals surface area contributed by atoms with Crippen LogP contribution in [-0.4, -0.2) is 30.2 Å². The average Bonchev–Trinajstić information content (AvgIpc) is 2.60. The number of carbonyl (C=O) groups is 3. The predicted octanol–water partition coefficient (Wildman–Crippen LogP) is -0.355. The van der Waals surface area contributed by atoms with E-state index in [4.69, 9.17) is 11.5 Å². The van der Waals surface area contributed by atoms with Gasteiger partial charge in [0.2, 0.25) is 5.91 Å². The Kier molecular flexibility index (Phi) is 3.11. The van der Waals surface area contributed by atoms with Crippen molar-refractivity contribution in [1.82, 2.24) is 0 Å². The zero-order valence-corrected chi connectivity index (χ0v) is 10.8. The van der Waals surface area contributed by atoms with E-state index in [0.717, 1.165) is 11.1 Å². The first-order valence-corrected chi connectivity index (χ1v) is 5.86. The largest absolute Gasteiger partial charge is 0.368 e. The van der Waals surface area contributed by atoms with Gasteiger partial charge in [-0.15, -0.1) is 0 Å². The molecule has 0 bridgehead atoms. The van der Waals surface area contributed by atoms with Gasteiger partial charge in [0.25, 0.3) is 11.7 Å². The summed E-state index contributed by atoms with van der Waals surface area (Å²) < 4.78 is 0. The molecule has 0 saturated carbocycles. The van der Waals surface area contributed by atoms with Crippen molar-refractivity contribution in [2.24, 2.45) is 11.5 Å². The Morgan fingerprint density at radius 3 is 2.42 bits per heavy atom. The Morgan fingerprint density at radius 2 is 1.84 bits per heavy atom. The smallest absolute Gasteiger partial charge is 0.299 e. The molecule has 1 heterocycles. The van der Waals surface area contributed by atoms with Gasteiger partial charge in [-0.3, -0.25) is 14.4 Å². The van der Waals surface area contributed by atoms with Crippen molar-refractivity contribution in [3.05, 3.63) is 28.8 Å². The lowest BCUT2D eigenvalue weighted by molar-refractivity contribution is -0.119. The molecule has 6 nitrogen and oxygen atoms in total. The first kappa shape index (κ1) is 13.2. The Labute approximate surface area is 110 Å². The molecule has 6 heteroatoms. The van der Waals surface area contributed by atoms with Crippen molar-refractivity contribution in [2.45, 2.75) is 19.9 Å². The molecule has 100 valence electrons. The number of amides is 2. The van der Waals surface area contributed by atoms with Gasteiger partial charge in [-0.1, -0.05) is 12.1 Å². The summed E-state index contributed by atoms with van der Waals surface area (Å²) in [5, 5.41) is 0. The fraction of sp³-hybridized carbons (Fsp3) is 0.308. The van der Waals surface area contributed by atoms with Crippen LogP contribution in [0.1, 0.15) is 21.5 Å². The maximum Gasteiger partial charge on any atom is 0.299 e. The Hall–Kier alpha value is -2.21. The molecule has 4 N–H and O–H groups in total. The number of anilines is 1. The molecular weight excluding hydrogens is 246 g/mol. The fourth-order valence-electron chi connectivity index (χ4n) is 2.22. The number of nitrogens with two attached hydrogens (primary N) is 2. The van der Waals surface area contributed by atoms with Crippen molar-refractivity contribution < 1.29 is 14.4 Å². The van der Waals surface area contributed by atoms with Crippen LogP contribution in [0.25, 0.3) is 0 Å². The number of ketones is 1. The minimum Gasteiger partial charge on any atom is -0.368 e. The minimum atomic E-state index is -0.998. The highest BCUT2D eigenvalue weighted by atomic mass is 16.2. The third kappa shape index (κ3) is 2.00. The number of Topliss-reactive ketones (excluding diaryl/α,β-unsaturated/α-hetero) is 1. The van der Waals surface area contributed by atoms with E-state index >= 15 is 0 Å². The summed E-state index contributed by atoms with van der Waals surface area (Å²) in [6, 6.07) is 2.61. The van der Waals surface area contributed by atoms with Gasteiger partial charge in [-0.05, 0) is 25.0 Å². The molecule has 0 radical (unpaired) electrons. The first-order chi connectivity index (χ1) is 8.84. The van der Waals surface area contributed by atoms with Gasteiger partial charge in [0, 0.05) is 0 Å². The molecule has 1 aliphatic heterocycles. The first-order valence-electron chi connectivity index (χ1n) is 5.86. The minimum absolute atomic E-state index is 0.0861. The molecule has 1 unspecified atom stereocenters. The maximum absolute atomic E-state index is 12.0. The molecular formula is C13H15N3O3. The quantitative estimate of drug-likeness (QED) is 0.725. The lowest BCUT2D eigenvalue weighted by atomic mass is 10.0. The van der Waals surface area contributed by atoms with Crippen LogP contribution in [0.3, 0.4) is 0 Å². The van der Waals surface area contributed by atoms with Crippen molar-refractivity contribution in [1.29, 1.82) is 0 Å². The number of carbonyl (C=O) groups excluding carboxylic acids is 3. The zero-order chi connectivity index (χ0) is 14.3. The summed E-state index contributed by atoms with van der Waals surface area (Å²) in [4.78, 5) is 36.2. The summed E-state index contributed by atoms with van der Waals surface area (Å²) in [5.41, 5.74) is 13.1. The van der Waals surface area contributed by atoms with E-state index < -0.39 is 23.6 Å². The molecule has 2 amide bonds. The summed E-state index contributed by atoms with van der Waals surface area (Å²) in [6.45, 7) is 3.48. The van der Waals surface area contributed by atoms with Crippen molar-refractivity contribution in [3.8, 4) is 0 Å². The Balaban J connectivity index is 2.50. The zero-order valence-electron chi connectivity index (χ0n) is 10.8.